The Balaban J connectivity index is 0.00000176. The number of aryl methyl sites for hydroxylation is 1. The number of benzene rings is 1. The summed E-state index contributed by atoms with van der Waals surface area (Å²) in [5.74, 6) is 0.180. The lowest BCUT2D eigenvalue weighted by molar-refractivity contribution is -0.141. The molecule has 2 N–H and O–H groups in total. The topological polar surface area (TPSA) is 55.6 Å². The third kappa shape index (κ3) is 3.62. The third-order valence-electron chi connectivity index (χ3n) is 4.81. The van der Waals surface area contributed by atoms with Crippen LogP contribution in [0.4, 0.5) is 0 Å². The van der Waals surface area contributed by atoms with Gasteiger partial charge in [-0.3, -0.25) is 4.79 Å². The molecular formula is C17H25ClN2O2. The quantitative estimate of drug-likeness (QED) is 0.929. The van der Waals surface area contributed by atoms with Crippen LogP contribution in [0.2, 0.25) is 0 Å². The fraction of sp³-hybridized carbons (Fsp3) is 0.588. The summed E-state index contributed by atoms with van der Waals surface area (Å²) in [6, 6.07) is 8.22. The lowest BCUT2D eigenvalue weighted by Gasteiger charge is -2.40. The van der Waals surface area contributed by atoms with Crippen LogP contribution in [0.3, 0.4) is 0 Å². The molecule has 0 aromatic heterocycles. The first kappa shape index (κ1) is 17.3. The minimum atomic E-state index is -0.243. The summed E-state index contributed by atoms with van der Waals surface area (Å²) in [4.78, 5) is 14.4. The van der Waals surface area contributed by atoms with E-state index in [1.54, 1.807) is 0 Å². The summed E-state index contributed by atoms with van der Waals surface area (Å²) < 4.78 is 5.87. The summed E-state index contributed by atoms with van der Waals surface area (Å²) in [6.45, 7) is 4.00. The number of amides is 1. The molecule has 0 bridgehead atoms. The highest BCUT2D eigenvalue weighted by molar-refractivity contribution is 5.85. The Kier molecular flexibility index (Phi) is 5.48. The van der Waals surface area contributed by atoms with Crippen LogP contribution >= 0.6 is 12.4 Å². The molecule has 1 heterocycles. The van der Waals surface area contributed by atoms with Gasteiger partial charge in [-0.25, -0.2) is 0 Å². The maximum absolute atomic E-state index is 12.5. The minimum absolute atomic E-state index is 0. The second-order valence-corrected chi connectivity index (χ2v) is 6.45. The van der Waals surface area contributed by atoms with Gasteiger partial charge in [-0.05, 0) is 37.3 Å². The van der Waals surface area contributed by atoms with E-state index in [1.807, 2.05) is 17.0 Å². The van der Waals surface area contributed by atoms with Crippen LogP contribution < -0.4 is 5.73 Å². The number of nitrogens with two attached hydrogens (primary N) is 1. The molecule has 1 aliphatic heterocycles. The van der Waals surface area contributed by atoms with Crippen molar-refractivity contribution >= 4 is 18.3 Å². The number of halogens is 1. The summed E-state index contributed by atoms with van der Waals surface area (Å²) in [5, 5.41) is 0. The van der Waals surface area contributed by atoms with Gasteiger partial charge in [0.25, 0.3) is 0 Å². The van der Waals surface area contributed by atoms with Gasteiger partial charge in [-0.15, -0.1) is 12.4 Å². The molecule has 1 unspecified atom stereocenters. The van der Waals surface area contributed by atoms with Crippen molar-refractivity contribution in [2.75, 3.05) is 19.7 Å². The Hall–Kier alpha value is -1.10. The predicted molar refractivity (Wildman–Crippen MR) is 89.1 cm³/mol. The molecular weight excluding hydrogens is 300 g/mol. The zero-order valence-electron chi connectivity index (χ0n) is 13.1. The molecule has 0 radical (unpaired) electrons. The highest BCUT2D eigenvalue weighted by Crippen LogP contribution is 2.33. The highest BCUT2D eigenvalue weighted by atomic mass is 35.5. The molecule has 1 aromatic carbocycles. The van der Waals surface area contributed by atoms with E-state index in [0.29, 0.717) is 26.1 Å². The van der Waals surface area contributed by atoms with E-state index in [0.717, 1.165) is 19.3 Å². The van der Waals surface area contributed by atoms with E-state index < -0.39 is 0 Å². The highest BCUT2D eigenvalue weighted by Gasteiger charge is 2.37. The number of carbonyl (C=O) groups is 1. The SMILES string of the molecule is Cc1ccccc1C1CN(C(=O)CC2(N)CCC2)CCO1.Cl. The van der Waals surface area contributed by atoms with Gasteiger partial charge in [0.1, 0.15) is 6.10 Å². The second-order valence-electron chi connectivity index (χ2n) is 6.45. The van der Waals surface area contributed by atoms with Gasteiger partial charge in [-0.1, -0.05) is 24.3 Å². The molecule has 1 aromatic rings. The van der Waals surface area contributed by atoms with E-state index in [2.05, 4.69) is 19.1 Å². The number of carbonyl (C=O) groups excluding carboxylic acids is 1. The van der Waals surface area contributed by atoms with Gasteiger partial charge >= 0.3 is 0 Å². The molecule has 122 valence electrons. The van der Waals surface area contributed by atoms with E-state index in [1.165, 1.54) is 11.1 Å². The van der Waals surface area contributed by atoms with Gasteiger partial charge in [0, 0.05) is 18.5 Å². The third-order valence-corrected chi connectivity index (χ3v) is 4.81. The van der Waals surface area contributed by atoms with Crippen LogP contribution in [-0.2, 0) is 9.53 Å². The van der Waals surface area contributed by atoms with Crippen molar-refractivity contribution in [3.8, 4) is 0 Å². The van der Waals surface area contributed by atoms with Crippen LogP contribution in [0, 0.1) is 6.92 Å². The van der Waals surface area contributed by atoms with Gasteiger partial charge in [0.15, 0.2) is 0 Å². The average Bonchev–Trinajstić information content (AvgIpc) is 2.46. The molecule has 0 spiro atoms. The Morgan fingerprint density at radius 3 is 2.77 bits per heavy atom. The molecule has 1 saturated heterocycles. The largest absolute Gasteiger partial charge is 0.370 e. The van der Waals surface area contributed by atoms with Crippen molar-refractivity contribution in [3.63, 3.8) is 0 Å². The summed E-state index contributed by atoms with van der Waals surface area (Å²) >= 11 is 0. The fourth-order valence-electron chi connectivity index (χ4n) is 3.23. The van der Waals surface area contributed by atoms with Crippen LogP contribution in [0.25, 0.3) is 0 Å². The van der Waals surface area contributed by atoms with Crippen LogP contribution in [0.5, 0.6) is 0 Å². The first-order chi connectivity index (χ1) is 10.1. The molecule has 1 atom stereocenters. The second kappa shape index (κ2) is 6.99. The van der Waals surface area contributed by atoms with Crippen molar-refractivity contribution in [1.82, 2.24) is 4.90 Å². The van der Waals surface area contributed by atoms with Crippen molar-refractivity contribution in [3.05, 3.63) is 35.4 Å². The minimum Gasteiger partial charge on any atom is -0.370 e. The summed E-state index contributed by atoms with van der Waals surface area (Å²) in [5.41, 5.74) is 8.35. The molecule has 2 fully saturated rings. The maximum atomic E-state index is 12.5. The Morgan fingerprint density at radius 1 is 1.41 bits per heavy atom. The summed E-state index contributed by atoms with van der Waals surface area (Å²) in [6.07, 6.45) is 3.57. The predicted octanol–water partition coefficient (Wildman–Crippen LogP) is 2.59. The normalized spacial score (nSPS) is 23.4. The number of ether oxygens (including phenoxy) is 1. The Labute approximate surface area is 138 Å². The number of nitrogens with zero attached hydrogens (tertiary/aromatic N) is 1. The molecule has 1 amide bonds. The van der Waals surface area contributed by atoms with Crippen molar-refractivity contribution in [2.45, 2.75) is 44.2 Å². The zero-order valence-corrected chi connectivity index (χ0v) is 13.9. The van der Waals surface area contributed by atoms with Gasteiger partial charge < -0.3 is 15.4 Å². The first-order valence-corrected chi connectivity index (χ1v) is 7.81. The smallest absolute Gasteiger partial charge is 0.224 e. The van der Waals surface area contributed by atoms with E-state index in [4.69, 9.17) is 10.5 Å². The zero-order chi connectivity index (χ0) is 14.9. The number of rotatable bonds is 3. The molecule has 4 nitrogen and oxygen atoms in total. The van der Waals surface area contributed by atoms with E-state index >= 15 is 0 Å². The van der Waals surface area contributed by atoms with Crippen molar-refractivity contribution in [1.29, 1.82) is 0 Å². The number of morpholine rings is 1. The molecule has 1 saturated carbocycles. The van der Waals surface area contributed by atoms with E-state index in [9.17, 15) is 4.79 Å². The lowest BCUT2D eigenvalue weighted by Crippen LogP contribution is -2.52. The lowest BCUT2D eigenvalue weighted by atomic mass is 9.75. The van der Waals surface area contributed by atoms with Gasteiger partial charge in [-0.2, -0.15) is 0 Å². The molecule has 1 aliphatic carbocycles. The Morgan fingerprint density at radius 2 is 2.14 bits per heavy atom. The summed E-state index contributed by atoms with van der Waals surface area (Å²) in [7, 11) is 0. The average molecular weight is 325 g/mol. The van der Waals surface area contributed by atoms with E-state index in [-0.39, 0.29) is 30.0 Å². The maximum Gasteiger partial charge on any atom is 0.224 e. The van der Waals surface area contributed by atoms with Crippen LogP contribution in [0.1, 0.15) is 42.9 Å². The standard InChI is InChI=1S/C17H24N2O2.ClH/c1-13-5-2-3-6-14(13)15-12-19(9-10-21-15)16(20)11-17(18)7-4-8-17;/h2-3,5-6,15H,4,7-12,18H2,1H3;1H. The van der Waals surface area contributed by atoms with Crippen molar-refractivity contribution in [2.24, 2.45) is 5.73 Å². The molecule has 22 heavy (non-hydrogen) atoms. The Bertz CT molecular complexity index is 531. The monoisotopic (exact) mass is 324 g/mol. The number of hydrogen-bond acceptors (Lipinski definition) is 3. The molecule has 5 heteroatoms. The van der Waals surface area contributed by atoms with Gasteiger partial charge in [0.2, 0.25) is 5.91 Å². The molecule has 3 rings (SSSR count). The molecule has 2 aliphatic rings. The van der Waals surface area contributed by atoms with Crippen molar-refractivity contribution < 1.29 is 9.53 Å². The van der Waals surface area contributed by atoms with Crippen LogP contribution in [0.15, 0.2) is 24.3 Å². The van der Waals surface area contributed by atoms with Gasteiger partial charge in [0.05, 0.1) is 13.2 Å². The fourth-order valence-corrected chi connectivity index (χ4v) is 3.23. The van der Waals surface area contributed by atoms with Crippen LogP contribution in [-0.4, -0.2) is 36.0 Å². The number of hydrogen-bond donors (Lipinski definition) is 1. The first-order valence-electron chi connectivity index (χ1n) is 7.81.